The third-order valence-electron chi connectivity index (χ3n) is 2.40. The molecule has 1 fully saturated rings. The van der Waals surface area contributed by atoms with Gasteiger partial charge in [0.2, 0.25) is 5.91 Å². The van der Waals surface area contributed by atoms with Crippen LogP contribution in [0.2, 0.25) is 0 Å². The lowest BCUT2D eigenvalue weighted by atomic mass is 10.0. The van der Waals surface area contributed by atoms with Crippen molar-refractivity contribution in [3.8, 4) is 0 Å². The largest absolute Gasteiger partial charge is 0.363 e. The minimum Gasteiger partial charge on any atom is -0.363 e. The Labute approximate surface area is 87.7 Å². The Morgan fingerprint density at radius 3 is 2.80 bits per heavy atom. The van der Waals surface area contributed by atoms with Crippen molar-refractivity contribution in [2.75, 3.05) is 13.1 Å². The summed E-state index contributed by atoms with van der Waals surface area (Å²) in [6.07, 6.45) is -1.87. The quantitative estimate of drug-likeness (QED) is 0.658. The van der Waals surface area contributed by atoms with Crippen molar-refractivity contribution in [3.63, 3.8) is 0 Å². The van der Waals surface area contributed by atoms with Crippen LogP contribution in [0, 0.1) is 0 Å². The number of amides is 1. The normalized spacial score (nSPS) is 31.8. The molecule has 2 atom stereocenters. The molecule has 0 saturated carbocycles. The second-order valence-corrected chi connectivity index (χ2v) is 3.96. The van der Waals surface area contributed by atoms with E-state index in [0.717, 1.165) is 6.08 Å². The summed E-state index contributed by atoms with van der Waals surface area (Å²) in [5.41, 5.74) is -1.57. The van der Waals surface area contributed by atoms with Crippen LogP contribution in [0.1, 0.15) is 13.8 Å². The van der Waals surface area contributed by atoms with Gasteiger partial charge < -0.3 is 9.64 Å². The number of ether oxygens (including phenoxy) is 1. The number of halogens is 2. The minimum absolute atomic E-state index is 0.0974. The average Bonchev–Trinajstić information content (AvgIpc) is 2.15. The molecule has 0 aromatic rings. The molecule has 1 amide bonds. The maximum atomic E-state index is 12.7. The summed E-state index contributed by atoms with van der Waals surface area (Å²) >= 11 is 0. The van der Waals surface area contributed by atoms with Gasteiger partial charge in [0.15, 0.2) is 0 Å². The van der Waals surface area contributed by atoms with E-state index in [1.165, 1.54) is 11.8 Å². The van der Waals surface area contributed by atoms with Crippen molar-refractivity contribution < 1.29 is 18.3 Å². The van der Waals surface area contributed by atoms with Crippen LogP contribution in [-0.2, 0) is 9.53 Å². The number of hydrogen-bond donors (Lipinski definition) is 0. The Hall–Kier alpha value is -0.970. The molecular formula is C10H15F2NO2. The standard InChI is InChI=1S/C10H15F2NO2/c1-4-8(14)13-5-7(2)15-10(3,6-13)9(11)12/h4,7,9H,1,5-6H2,2-3H3. The number of morpholine rings is 1. The highest BCUT2D eigenvalue weighted by atomic mass is 19.3. The van der Waals surface area contributed by atoms with Crippen molar-refractivity contribution in [2.45, 2.75) is 32.0 Å². The van der Waals surface area contributed by atoms with E-state index in [4.69, 9.17) is 4.74 Å². The summed E-state index contributed by atoms with van der Waals surface area (Å²) in [4.78, 5) is 12.7. The van der Waals surface area contributed by atoms with Crippen LogP contribution < -0.4 is 0 Å². The molecular weight excluding hydrogens is 204 g/mol. The van der Waals surface area contributed by atoms with E-state index in [0.29, 0.717) is 6.54 Å². The Morgan fingerprint density at radius 2 is 2.33 bits per heavy atom. The number of carbonyl (C=O) groups is 1. The van der Waals surface area contributed by atoms with Gasteiger partial charge in [-0.25, -0.2) is 8.78 Å². The van der Waals surface area contributed by atoms with Crippen LogP contribution in [0.15, 0.2) is 12.7 Å². The highest BCUT2D eigenvalue weighted by molar-refractivity contribution is 5.87. The third-order valence-corrected chi connectivity index (χ3v) is 2.40. The molecule has 1 rings (SSSR count). The SMILES string of the molecule is C=CC(=O)N1CC(C)OC(C)(C(F)F)C1. The van der Waals surface area contributed by atoms with E-state index in [2.05, 4.69) is 6.58 Å². The van der Waals surface area contributed by atoms with Crippen LogP contribution in [0.25, 0.3) is 0 Å². The molecule has 0 N–H and O–H groups in total. The van der Waals surface area contributed by atoms with Gasteiger partial charge in [0, 0.05) is 6.54 Å². The molecule has 1 aliphatic rings. The monoisotopic (exact) mass is 219 g/mol. The van der Waals surface area contributed by atoms with Gasteiger partial charge in [-0.1, -0.05) is 6.58 Å². The molecule has 1 heterocycles. The summed E-state index contributed by atoms with van der Waals surface area (Å²) in [6, 6.07) is 0. The maximum Gasteiger partial charge on any atom is 0.268 e. The molecule has 86 valence electrons. The van der Waals surface area contributed by atoms with Crippen LogP contribution in [0.4, 0.5) is 8.78 Å². The van der Waals surface area contributed by atoms with Crippen molar-refractivity contribution in [1.82, 2.24) is 4.90 Å². The van der Waals surface area contributed by atoms with Crippen LogP contribution in [0.5, 0.6) is 0 Å². The molecule has 3 nitrogen and oxygen atoms in total. The Balaban J connectivity index is 2.80. The van der Waals surface area contributed by atoms with Crippen LogP contribution in [0.3, 0.4) is 0 Å². The molecule has 0 radical (unpaired) electrons. The zero-order valence-electron chi connectivity index (χ0n) is 8.87. The lowest BCUT2D eigenvalue weighted by molar-refractivity contribution is -0.199. The van der Waals surface area contributed by atoms with Gasteiger partial charge in [0.25, 0.3) is 6.43 Å². The zero-order valence-corrected chi connectivity index (χ0v) is 8.87. The van der Waals surface area contributed by atoms with Gasteiger partial charge in [-0.2, -0.15) is 0 Å². The predicted octanol–water partition coefficient (Wildman–Crippen LogP) is 1.44. The molecule has 0 aromatic carbocycles. The van der Waals surface area contributed by atoms with Gasteiger partial charge >= 0.3 is 0 Å². The van der Waals surface area contributed by atoms with Gasteiger partial charge in [-0.15, -0.1) is 0 Å². The Morgan fingerprint density at radius 1 is 1.73 bits per heavy atom. The average molecular weight is 219 g/mol. The second kappa shape index (κ2) is 4.26. The summed E-state index contributed by atoms with van der Waals surface area (Å²) < 4.78 is 30.6. The smallest absolute Gasteiger partial charge is 0.268 e. The van der Waals surface area contributed by atoms with E-state index < -0.39 is 12.0 Å². The van der Waals surface area contributed by atoms with E-state index in [-0.39, 0.29) is 18.6 Å². The van der Waals surface area contributed by atoms with Crippen molar-refractivity contribution in [2.24, 2.45) is 0 Å². The lowest BCUT2D eigenvalue weighted by Crippen LogP contribution is -2.58. The van der Waals surface area contributed by atoms with E-state index in [1.807, 2.05) is 0 Å². The van der Waals surface area contributed by atoms with E-state index in [1.54, 1.807) is 6.92 Å². The first-order valence-electron chi connectivity index (χ1n) is 4.76. The number of hydrogen-bond acceptors (Lipinski definition) is 2. The maximum absolute atomic E-state index is 12.7. The number of carbonyl (C=O) groups excluding carboxylic acids is 1. The third kappa shape index (κ3) is 2.53. The minimum atomic E-state index is -2.61. The zero-order chi connectivity index (χ0) is 11.6. The molecule has 0 spiro atoms. The van der Waals surface area contributed by atoms with E-state index in [9.17, 15) is 13.6 Å². The van der Waals surface area contributed by atoms with Crippen LogP contribution in [-0.4, -0.2) is 42.0 Å². The summed E-state index contributed by atoms with van der Waals surface area (Å²) in [6.45, 7) is 6.55. The molecule has 1 saturated heterocycles. The van der Waals surface area contributed by atoms with Crippen molar-refractivity contribution >= 4 is 5.91 Å². The molecule has 15 heavy (non-hydrogen) atoms. The van der Waals surface area contributed by atoms with Gasteiger partial charge in [0.05, 0.1) is 12.6 Å². The molecule has 0 bridgehead atoms. The highest BCUT2D eigenvalue weighted by Gasteiger charge is 2.43. The molecule has 5 heteroatoms. The van der Waals surface area contributed by atoms with Gasteiger partial charge in [0.1, 0.15) is 5.60 Å². The van der Waals surface area contributed by atoms with Crippen molar-refractivity contribution in [3.05, 3.63) is 12.7 Å². The first kappa shape index (κ1) is 12.1. The number of nitrogens with zero attached hydrogens (tertiary/aromatic N) is 1. The first-order chi connectivity index (χ1) is 6.89. The predicted molar refractivity (Wildman–Crippen MR) is 51.7 cm³/mol. The second-order valence-electron chi connectivity index (χ2n) is 3.96. The fourth-order valence-electron chi connectivity index (χ4n) is 1.71. The lowest BCUT2D eigenvalue weighted by Gasteiger charge is -2.42. The van der Waals surface area contributed by atoms with Crippen LogP contribution >= 0.6 is 0 Å². The molecule has 0 aliphatic carbocycles. The molecule has 1 aliphatic heterocycles. The fraction of sp³-hybridized carbons (Fsp3) is 0.700. The molecule has 0 aromatic heterocycles. The molecule has 2 unspecified atom stereocenters. The summed E-state index contributed by atoms with van der Waals surface area (Å²) in [5.74, 6) is -0.336. The first-order valence-corrected chi connectivity index (χ1v) is 4.76. The van der Waals surface area contributed by atoms with E-state index >= 15 is 0 Å². The van der Waals surface area contributed by atoms with Crippen molar-refractivity contribution in [1.29, 1.82) is 0 Å². The van der Waals surface area contributed by atoms with Gasteiger partial charge in [-0.05, 0) is 19.9 Å². The Bertz CT molecular complexity index is 270. The number of alkyl halides is 2. The number of rotatable bonds is 2. The summed E-state index contributed by atoms with van der Waals surface area (Å²) in [7, 11) is 0. The Kier molecular flexibility index (Phi) is 3.44. The summed E-state index contributed by atoms with van der Waals surface area (Å²) in [5, 5.41) is 0. The fourth-order valence-corrected chi connectivity index (χ4v) is 1.71. The topological polar surface area (TPSA) is 29.5 Å². The highest BCUT2D eigenvalue weighted by Crippen LogP contribution is 2.27. The van der Waals surface area contributed by atoms with Gasteiger partial charge in [-0.3, -0.25) is 4.79 Å².